The fourth-order valence-electron chi connectivity index (χ4n) is 6.11. The molecular weight excluding hydrogens is 657 g/mol. The van der Waals surface area contributed by atoms with Crippen molar-refractivity contribution in [2.45, 2.75) is 24.7 Å². The summed E-state index contributed by atoms with van der Waals surface area (Å²) in [5, 5.41) is 12.7. The number of pyridine rings is 2. The summed E-state index contributed by atoms with van der Waals surface area (Å²) in [6.45, 7) is -1.16. The van der Waals surface area contributed by atoms with Crippen LogP contribution < -0.4 is 20.5 Å². The first-order chi connectivity index (χ1) is 23.3. The average molecular weight is 686 g/mol. The van der Waals surface area contributed by atoms with Gasteiger partial charge in [0.05, 0.1) is 31.4 Å². The number of methoxy groups -OCH3 is 1. The first-order valence-electron chi connectivity index (χ1n) is 14.9. The second-order valence-corrected chi connectivity index (χ2v) is 11.3. The van der Waals surface area contributed by atoms with E-state index in [1.807, 2.05) is 0 Å². The molecule has 0 saturated carbocycles. The van der Waals surface area contributed by atoms with Gasteiger partial charge in [-0.3, -0.25) is 9.59 Å². The number of carbonyl (C=O) groups is 2. The summed E-state index contributed by atoms with van der Waals surface area (Å²) in [4.78, 5) is 44.0. The van der Waals surface area contributed by atoms with Crippen LogP contribution in [0.5, 0.6) is 5.75 Å². The van der Waals surface area contributed by atoms with E-state index < -0.39 is 59.6 Å². The summed E-state index contributed by atoms with van der Waals surface area (Å²) >= 11 is 0. The molecule has 1 saturated heterocycles. The van der Waals surface area contributed by atoms with Crippen molar-refractivity contribution in [3.8, 4) is 16.9 Å². The number of amides is 1. The molecule has 2 N–H and O–H groups in total. The number of aromatic nitrogens is 3. The largest absolute Gasteiger partial charge is 0.495 e. The van der Waals surface area contributed by atoms with Crippen molar-refractivity contribution in [3.05, 3.63) is 94.2 Å². The first kappa shape index (κ1) is 33.4. The Morgan fingerprint density at radius 1 is 1.14 bits per heavy atom. The second-order valence-electron chi connectivity index (χ2n) is 11.3. The standard InChI is InChI=1S/C33H28F5N5O6/c1-41-24-6-4-3-5-19(24)28(48-2)26(31(41)45)20-8-7-17(43-10-9-39-29(20)43)15-23(32(46)47)40-30(44)27-21(34)13-18(14-22(27)35)42-11-12-49-16-25(42)33(36,37)38/h3-10,13-14,23,25H,11-12,15-16H2,1-2H3,(H,40,44)(H,46,47)/t23-,25-/m0/s1. The zero-order valence-electron chi connectivity index (χ0n) is 25.9. The van der Waals surface area contributed by atoms with Gasteiger partial charge in [0.15, 0.2) is 0 Å². The fourth-order valence-corrected chi connectivity index (χ4v) is 6.11. The van der Waals surface area contributed by atoms with Crippen LogP contribution in [-0.2, 0) is 23.0 Å². The number of nitrogens with zero attached hydrogens (tertiary/aromatic N) is 4. The van der Waals surface area contributed by atoms with E-state index in [-0.39, 0.29) is 36.3 Å². The number of ether oxygens (including phenoxy) is 2. The van der Waals surface area contributed by atoms with Crippen LogP contribution >= 0.6 is 0 Å². The van der Waals surface area contributed by atoms with Gasteiger partial charge in [-0.05, 0) is 36.4 Å². The Labute approximate surface area is 274 Å². The minimum atomic E-state index is -4.76. The summed E-state index contributed by atoms with van der Waals surface area (Å²) in [7, 11) is 3.05. The molecule has 6 rings (SSSR count). The third-order valence-corrected chi connectivity index (χ3v) is 8.47. The molecule has 1 fully saturated rings. The van der Waals surface area contributed by atoms with Gasteiger partial charge in [0.1, 0.15) is 40.7 Å². The zero-order valence-corrected chi connectivity index (χ0v) is 25.9. The van der Waals surface area contributed by atoms with E-state index in [0.717, 1.165) is 4.90 Å². The van der Waals surface area contributed by atoms with Crippen LogP contribution in [-0.4, -0.2) is 76.1 Å². The predicted octanol–water partition coefficient (Wildman–Crippen LogP) is 4.33. The molecule has 4 heterocycles. The third-order valence-electron chi connectivity index (χ3n) is 8.47. The highest BCUT2D eigenvalue weighted by molar-refractivity contribution is 5.98. The number of anilines is 1. The number of fused-ring (bicyclic) bond motifs is 2. The molecule has 11 nitrogen and oxygen atoms in total. The lowest BCUT2D eigenvalue weighted by Crippen LogP contribution is -2.53. The monoisotopic (exact) mass is 685 g/mol. The number of morpholine rings is 1. The van der Waals surface area contributed by atoms with E-state index in [1.165, 1.54) is 34.5 Å². The summed E-state index contributed by atoms with van der Waals surface area (Å²) in [6, 6.07) is 7.57. The Balaban J connectivity index is 1.31. The number of hydrogen-bond acceptors (Lipinski definition) is 7. The molecule has 2 aromatic carbocycles. The summed E-state index contributed by atoms with van der Waals surface area (Å²) in [5.41, 5.74) is -0.178. The SMILES string of the molecule is COc1c(-c2ccc(C[C@H](NC(=O)c3c(F)cc(N4CCOC[C@H]4C(F)(F)F)cc3F)C(=O)O)n3ccnc23)c(=O)n(C)c2ccccc12. The Hall–Kier alpha value is -5.51. The molecule has 256 valence electrons. The van der Waals surface area contributed by atoms with Gasteiger partial charge in [-0.25, -0.2) is 18.6 Å². The molecule has 2 atom stereocenters. The van der Waals surface area contributed by atoms with E-state index in [9.17, 15) is 32.7 Å². The number of carboxylic acid groups (broad SMARTS) is 1. The highest BCUT2D eigenvalue weighted by Crippen LogP contribution is 2.36. The van der Waals surface area contributed by atoms with Gasteiger partial charge < -0.3 is 33.8 Å². The number of carboxylic acids is 1. The number of alkyl halides is 3. The molecule has 1 amide bonds. The van der Waals surface area contributed by atoms with Gasteiger partial charge in [0.2, 0.25) is 0 Å². The van der Waals surface area contributed by atoms with Crippen molar-refractivity contribution in [2.75, 3.05) is 31.8 Å². The Kier molecular flexibility index (Phi) is 8.75. The minimum Gasteiger partial charge on any atom is -0.495 e. The number of carbonyl (C=O) groups excluding carboxylic acids is 1. The van der Waals surface area contributed by atoms with Crippen LogP contribution in [0.25, 0.3) is 27.7 Å². The molecule has 1 aliphatic heterocycles. The second kappa shape index (κ2) is 12.8. The van der Waals surface area contributed by atoms with Crippen LogP contribution in [0.15, 0.2) is 65.7 Å². The van der Waals surface area contributed by atoms with Crippen LogP contribution in [0.3, 0.4) is 0 Å². The number of aliphatic carboxylic acids is 1. The van der Waals surface area contributed by atoms with Crippen LogP contribution in [0, 0.1) is 11.6 Å². The Morgan fingerprint density at radius 3 is 2.53 bits per heavy atom. The topological polar surface area (TPSA) is 127 Å². The van der Waals surface area contributed by atoms with Crippen LogP contribution in [0.2, 0.25) is 0 Å². The van der Waals surface area contributed by atoms with Crippen molar-refractivity contribution < 1.29 is 46.1 Å². The van der Waals surface area contributed by atoms with Gasteiger partial charge in [0.25, 0.3) is 11.5 Å². The van der Waals surface area contributed by atoms with E-state index in [2.05, 4.69) is 10.3 Å². The molecule has 0 spiro atoms. The Morgan fingerprint density at radius 2 is 1.86 bits per heavy atom. The normalized spacial score (nSPS) is 15.8. The lowest BCUT2D eigenvalue weighted by molar-refractivity contribution is -0.167. The summed E-state index contributed by atoms with van der Waals surface area (Å²) < 4.78 is 84.5. The fraction of sp³-hybridized carbons (Fsp3) is 0.273. The number of para-hydroxylation sites is 1. The molecule has 0 radical (unpaired) electrons. The molecule has 5 aromatic rings. The third kappa shape index (κ3) is 6.03. The zero-order chi connectivity index (χ0) is 35.2. The molecule has 1 aliphatic rings. The number of rotatable bonds is 8. The highest BCUT2D eigenvalue weighted by Gasteiger charge is 2.46. The number of nitrogens with one attached hydrogen (secondary N) is 1. The molecule has 0 bridgehead atoms. The van der Waals surface area contributed by atoms with Crippen molar-refractivity contribution in [1.29, 1.82) is 0 Å². The van der Waals surface area contributed by atoms with E-state index >= 15 is 8.78 Å². The van der Waals surface area contributed by atoms with Gasteiger partial charge >= 0.3 is 12.1 Å². The maximum atomic E-state index is 15.2. The van der Waals surface area contributed by atoms with E-state index in [0.29, 0.717) is 40.0 Å². The van der Waals surface area contributed by atoms with Crippen molar-refractivity contribution >= 4 is 34.1 Å². The lowest BCUT2D eigenvalue weighted by atomic mass is 10.0. The minimum absolute atomic E-state index is 0.115. The molecule has 16 heteroatoms. The van der Waals surface area contributed by atoms with Crippen molar-refractivity contribution in [2.24, 2.45) is 7.05 Å². The van der Waals surface area contributed by atoms with Crippen LogP contribution in [0.4, 0.5) is 27.6 Å². The number of imidazole rings is 1. The molecule has 3 aromatic heterocycles. The summed E-state index contributed by atoms with van der Waals surface area (Å²) in [6.07, 6.45) is -2.19. The highest BCUT2D eigenvalue weighted by atomic mass is 19.4. The number of benzene rings is 2. The van der Waals surface area contributed by atoms with E-state index in [4.69, 9.17) is 9.47 Å². The average Bonchev–Trinajstić information content (AvgIpc) is 3.56. The van der Waals surface area contributed by atoms with Gasteiger partial charge in [-0.15, -0.1) is 0 Å². The number of aryl methyl sites for hydroxylation is 1. The van der Waals surface area contributed by atoms with Crippen molar-refractivity contribution in [1.82, 2.24) is 19.3 Å². The molecular formula is C33H28F5N5O6. The first-order valence-corrected chi connectivity index (χ1v) is 14.9. The number of hydrogen-bond donors (Lipinski definition) is 2. The van der Waals surface area contributed by atoms with Crippen molar-refractivity contribution in [3.63, 3.8) is 0 Å². The summed E-state index contributed by atoms with van der Waals surface area (Å²) in [5.74, 6) is -5.60. The van der Waals surface area contributed by atoms with Crippen LogP contribution in [0.1, 0.15) is 16.1 Å². The number of halogens is 5. The smallest absolute Gasteiger partial charge is 0.411 e. The molecule has 0 unspecified atom stereocenters. The van der Waals surface area contributed by atoms with E-state index in [1.54, 1.807) is 37.4 Å². The lowest BCUT2D eigenvalue weighted by Gasteiger charge is -2.38. The quantitative estimate of drug-likeness (QED) is 0.231. The maximum Gasteiger partial charge on any atom is 0.411 e. The van der Waals surface area contributed by atoms with Gasteiger partial charge in [0, 0.05) is 54.7 Å². The Bertz CT molecular complexity index is 2140. The molecule has 0 aliphatic carbocycles. The maximum absolute atomic E-state index is 15.2. The molecule has 49 heavy (non-hydrogen) atoms. The van der Waals surface area contributed by atoms with Gasteiger partial charge in [-0.1, -0.05) is 12.1 Å². The van der Waals surface area contributed by atoms with Gasteiger partial charge in [-0.2, -0.15) is 13.2 Å². The predicted molar refractivity (Wildman–Crippen MR) is 167 cm³/mol.